The highest BCUT2D eigenvalue weighted by Crippen LogP contribution is 2.31. The molecular weight excluding hydrogens is 299 g/mol. The zero-order chi connectivity index (χ0) is 14.5. The predicted molar refractivity (Wildman–Crippen MR) is 81.8 cm³/mol. The van der Waals surface area contributed by atoms with Crippen molar-refractivity contribution < 1.29 is 9.84 Å². The van der Waals surface area contributed by atoms with Crippen molar-refractivity contribution in [1.82, 2.24) is 9.80 Å². The quantitative estimate of drug-likeness (QED) is 0.902. The Bertz CT molecular complexity index is 449. The third kappa shape index (κ3) is 3.99. The number of β-amino-alcohol motifs (C(OH)–C–C–N with tert-alkyl or cyclic N) is 1. The van der Waals surface area contributed by atoms with Crippen LogP contribution in [0, 0.1) is 0 Å². The van der Waals surface area contributed by atoms with Crippen LogP contribution in [-0.4, -0.2) is 61.3 Å². The fraction of sp³-hybridized carbons (Fsp3) is 0.571. The van der Waals surface area contributed by atoms with Crippen LogP contribution in [0.15, 0.2) is 12.1 Å². The number of rotatable bonds is 5. The van der Waals surface area contributed by atoms with Crippen molar-refractivity contribution in [3.05, 3.63) is 27.7 Å². The molecule has 2 rings (SSSR count). The van der Waals surface area contributed by atoms with E-state index in [1.165, 1.54) is 0 Å². The van der Waals surface area contributed by atoms with Gasteiger partial charge in [-0.05, 0) is 11.6 Å². The lowest BCUT2D eigenvalue weighted by Crippen LogP contribution is -2.46. The van der Waals surface area contributed by atoms with Gasteiger partial charge in [-0.1, -0.05) is 23.2 Å². The lowest BCUT2D eigenvalue weighted by atomic mass is 10.2. The highest BCUT2D eigenvalue weighted by molar-refractivity contribution is 6.34. The number of methoxy groups -OCH3 is 1. The van der Waals surface area contributed by atoms with Crippen molar-refractivity contribution in [3.8, 4) is 5.75 Å². The van der Waals surface area contributed by atoms with E-state index in [-0.39, 0.29) is 6.61 Å². The fourth-order valence-electron chi connectivity index (χ4n) is 2.40. The molecule has 0 radical (unpaired) electrons. The molecule has 0 saturated carbocycles. The van der Waals surface area contributed by atoms with Crippen LogP contribution < -0.4 is 4.74 Å². The number of nitrogens with zero attached hydrogens (tertiary/aromatic N) is 2. The molecule has 0 aliphatic carbocycles. The number of halogens is 2. The van der Waals surface area contributed by atoms with Crippen molar-refractivity contribution in [2.75, 3.05) is 46.4 Å². The molecule has 20 heavy (non-hydrogen) atoms. The molecule has 112 valence electrons. The molecule has 1 aliphatic rings. The average Bonchev–Trinajstić information content (AvgIpc) is 2.45. The average molecular weight is 319 g/mol. The van der Waals surface area contributed by atoms with Gasteiger partial charge in [0, 0.05) is 50.4 Å². The molecule has 1 heterocycles. The van der Waals surface area contributed by atoms with Gasteiger partial charge in [0.2, 0.25) is 0 Å². The van der Waals surface area contributed by atoms with Gasteiger partial charge < -0.3 is 9.84 Å². The van der Waals surface area contributed by atoms with E-state index >= 15 is 0 Å². The zero-order valence-electron chi connectivity index (χ0n) is 11.6. The molecule has 0 aromatic heterocycles. The standard InChI is InChI=1S/C14H20Cl2N2O2/c1-20-14-9-12(15)11(8-13(14)16)10-18-4-2-17(3-5-18)6-7-19/h8-9,19H,2-7,10H2,1H3. The van der Waals surface area contributed by atoms with E-state index in [0.29, 0.717) is 15.8 Å². The van der Waals surface area contributed by atoms with Crippen molar-refractivity contribution in [2.45, 2.75) is 6.54 Å². The molecule has 1 aliphatic heterocycles. The zero-order valence-corrected chi connectivity index (χ0v) is 13.1. The van der Waals surface area contributed by atoms with E-state index in [9.17, 15) is 0 Å². The minimum atomic E-state index is 0.222. The van der Waals surface area contributed by atoms with E-state index in [1.807, 2.05) is 6.07 Å². The first kappa shape index (κ1) is 15.9. The van der Waals surface area contributed by atoms with Crippen LogP contribution in [0.25, 0.3) is 0 Å². The third-order valence-corrected chi connectivity index (χ3v) is 4.24. The van der Waals surface area contributed by atoms with Crippen LogP contribution in [0.2, 0.25) is 10.0 Å². The number of hydrogen-bond acceptors (Lipinski definition) is 4. The first-order chi connectivity index (χ1) is 9.63. The summed E-state index contributed by atoms with van der Waals surface area (Å²) in [6.07, 6.45) is 0. The number of aliphatic hydroxyl groups excluding tert-OH is 1. The van der Waals surface area contributed by atoms with Gasteiger partial charge in [0.25, 0.3) is 0 Å². The van der Waals surface area contributed by atoms with E-state index < -0.39 is 0 Å². The Morgan fingerprint density at radius 3 is 2.35 bits per heavy atom. The van der Waals surface area contributed by atoms with E-state index in [1.54, 1.807) is 13.2 Å². The number of ether oxygens (including phenoxy) is 1. The lowest BCUT2D eigenvalue weighted by molar-refractivity contribution is 0.108. The smallest absolute Gasteiger partial charge is 0.138 e. The topological polar surface area (TPSA) is 35.9 Å². The maximum absolute atomic E-state index is 8.94. The molecule has 0 unspecified atom stereocenters. The maximum Gasteiger partial charge on any atom is 0.138 e. The fourth-order valence-corrected chi connectivity index (χ4v) is 2.88. The van der Waals surface area contributed by atoms with Gasteiger partial charge in [0.1, 0.15) is 5.75 Å². The lowest BCUT2D eigenvalue weighted by Gasteiger charge is -2.34. The molecule has 1 saturated heterocycles. The monoisotopic (exact) mass is 318 g/mol. The van der Waals surface area contributed by atoms with Crippen LogP contribution in [0.5, 0.6) is 5.75 Å². The normalized spacial score (nSPS) is 17.4. The Labute approximate surface area is 129 Å². The highest BCUT2D eigenvalue weighted by Gasteiger charge is 2.18. The minimum Gasteiger partial charge on any atom is -0.495 e. The Hall–Kier alpha value is -0.520. The number of hydrogen-bond donors (Lipinski definition) is 1. The Morgan fingerprint density at radius 1 is 1.10 bits per heavy atom. The highest BCUT2D eigenvalue weighted by atomic mass is 35.5. The third-order valence-electron chi connectivity index (χ3n) is 3.60. The molecule has 1 aromatic rings. The summed E-state index contributed by atoms with van der Waals surface area (Å²) in [6.45, 7) is 5.66. The molecule has 0 amide bonds. The van der Waals surface area contributed by atoms with E-state index in [2.05, 4.69) is 9.80 Å². The minimum absolute atomic E-state index is 0.222. The van der Waals surface area contributed by atoms with Gasteiger partial charge in [-0.25, -0.2) is 0 Å². The van der Waals surface area contributed by atoms with Crippen molar-refractivity contribution in [2.24, 2.45) is 0 Å². The summed E-state index contributed by atoms with van der Waals surface area (Å²) in [5.41, 5.74) is 1.02. The molecule has 4 nitrogen and oxygen atoms in total. The number of aliphatic hydroxyl groups is 1. The first-order valence-corrected chi connectivity index (χ1v) is 7.47. The van der Waals surface area contributed by atoms with Crippen LogP contribution in [0.3, 0.4) is 0 Å². The molecule has 6 heteroatoms. The predicted octanol–water partition coefficient (Wildman–Crippen LogP) is 2.11. The molecule has 0 atom stereocenters. The summed E-state index contributed by atoms with van der Waals surface area (Å²) in [5, 5.41) is 10.2. The SMILES string of the molecule is COc1cc(Cl)c(CN2CCN(CCO)CC2)cc1Cl. The molecule has 1 aromatic carbocycles. The summed E-state index contributed by atoms with van der Waals surface area (Å²) in [7, 11) is 1.58. The summed E-state index contributed by atoms with van der Waals surface area (Å²) >= 11 is 12.4. The molecule has 1 N–H and O–H groups in total. The molecule has 0 bridgehead atoms. The van der Waals surface area contributed by atoms with E-state index in [0.717, 1.165) is 44.8 Å². The number of benzene rings is 1. The largest absolute Gasteiger partial charge is 0.495 e. The van der Waals surface area contributed by atoms with Gasteiger partial charge in [0.05, 0.1) is 18.7 Å². The molecule has 1 fully saturated rings. The molecular formula is C14H20Cl2N2O2. The van der Waals surface area contributed by atoms with Gasteiger partial charge in [-0.2, -0.15) is 0 Å². The summed E-state index contributed by atoms with van der Waals surface area (Å²) in [6, 6.07) is 3.64. The van der Waals surface area contributed by atoms with Crippen LogP contribution in [-0.2, 0) is 6.54 Å². The maximum atomic E-state index is 8.94. The van der Waals surface area contributed by atoms with Gasteiger partial charge in [-0.3, -0.25) is 9.80 Å². The Kier molecular flexibility index (Phi) is 5.93. The van der Waals surface area contributed by atoms with Crippen molar-refractivity contribution in [1.29, 1.82) is 0 Å². The van der Waals surface area contributed by atoms with Crippen LogP contribution in [0.1, 0.15) is 5.56 Å². The van der Waals surface area contributed by atoms with E-state index in [4.69, 9.17) is 33.0 Å². The van der Waals surface area contributed by atoms with Crippen LogP contribution in [0.4, 0.5) is 0 Å². The summed E-state index contributed by atoms with van der Waals surface area (Å²) in [4.78, 5) is 4.61. The second-order valence-corrected chi connectivity index (χ2v) is 5.73. The summed E-state index contributed by atoms with van der Waals surface area (Å²) in [5.74, 6) is 0.605. The van der Waals surface area contributed by atoms with Crippen molar-refractivity contribution >= 4 is 23.2 Å². The number of piperazine rings is 1. The van der Waals surface area contributed by atoms with Gasteiger partial charge in [0.15, 0.2) is 0 Å². The Balaban J connectivity index is 1.96. The Morgan fingerprint density at radius 2 is 1.75 bits per heavy atom. The van der Waals surface area contributed by atoms with Gasteiger partial charge >= 0.3 is 0 Å². The second kappa shape index (κ2) is 7.48. The van der Waals surface area contributed by atoms with Crippen molar-refractivity contribution in [3.63, 3.8) is 0 Å². The summed E-state index contributed by atoms with van der Waals surface area (Å²) < 4.78 is 5.15. The van der Waals surface area contributed by atoms with Gasteiger partial charge in [-0.15, -0.1) is 0 Å². The van der Waals surface area contributed by atoms with Crippen LogP contribution >= 0.6 is 23.2 Å². The second-order valence-electron chi connectivity index (χ2n) is 4.92. The first-order valence-electron chi connectivity index (χ1n) is 6.71. The molecule has 0 spiro atoms.